The van der Waals surface area contributed by atoms with Gasteiger partial charge in [0.25, 0.3) is 0 Å². The molecule has 0 amide bonds. The number of aromatic nitrogens is 2. The molecule has 1 aromatic heterocycles. The molecule has 3 rings (SSSR count). The molecule has 1 unspecified atom stereocenters. The van der Waals surface area contributed by atoms with Crippen molar-refractivity contribution in [2.24, 2.45) is 0 Å². The number of rotatable bonds is 6. The van der Waals surface area contributed by atoms with Crippen molar-refractivity contribution in [1.82, 2.24) is 19.4 Å². The second-order valence-corrected chi connectivity index (χ2v) is 8.36. The van der Waals surface area contributed by atoms with E-state index in [-0.39, 0.29) is 11.8 Å². The molecule has 0 saturated heterocycles. The summed E-state index contributed by atoms with van der Waals surface area (Å²) in [7, 11) is -3.20. The van der Waals surface area contributed by atoms with Crippen LogP contribution in [0.3, 0.4) is 0 Å². The molecule has 24 heavy (non-hydrogen) atoms. The molecular formula is C17H24N4O2S. The molecule has 1 aromatic carbocycles. The molecule has 1 aliphatic heterocycles. The van der Waals surface area contributed by atoms with Crippen molar-refractivity contribution in [2.45, 2.75) is 33.0 Å². The van der Waals surface area contributed by atoms with Crippen LogP contribution < -0.4 is 4.72 Å². The number of aryl methyl sites for hydroxylation is 1. The zero-order valence-electron chi connectivity index (χ0n) is 14.1. The summed E-state index contributed by atoms with van der Waals surface area (Å²) in [5.41, 5.74) is 3.70. The van der Waals surface area contributed by atoms with Crippen molar-refractivity contribution in [3.8, 4) is 0 Å². The summed E-state index contributed by atoms with van der Waals surface area (Å²) in [6, 6.07) is 10.4. The highest BCUT2D eigenvalue weighted by molar-refractivity contribution is 7.89. The molecule has 0 spiro atoms. The van der Waals surface area contributed by atoms with Crippen LogP contribution in [0.4, 0.5) is 0 Å². The van der Waals surface area contributed by atoms with Crippen molar-refractivity contribution in [2.75, 3.05) is 18.8 Å². The van der Waals surface area contributed by atoms with E-state index in [9.17, 15) is 8.42 Å². The van der Waals surface area contributed by atoms with Crippen LogP contribution in [-0.2, 0) is 23.1 Å². The van der Waals surface area contributed by atoms with Crippen molar-refractivity contribution in [3.63, 3.8) is 0 Å². The van der Waals surface area contributed by atoms with E-state index in [0.717, 1.165) is 25.3 Å². The van der Waals surface area contributed by atoms with Crippen LogP contribution in [0.15, 0.2) is 36.5 Å². The maximum atomic E-state index is 11.8. The molecule has 2 heterocycles. The van der Waals surface area contributed by atoms with Gasteiger partial charge < -0.3 is 0 Å². The monoisotopic (exact) mass is 348 g/mol. The van der Waals surface area contributed by atoms with Crippen LogP contribution in [-0.4, -0.2) is 41.9 Å². The Morgan fingerprint density at radius 3 is 2.83 bits per heavy atom. The summed E-state index contributed by atoms with van der Waals surface area (Å²) >= 11 is 0. The van der Waals surface area contributed by atoms with Gasteiger partial charge in [0.15, 0.2) is 0 Å². The molecule has 0 radical (unpaired) electrons. The van der Waals surface area contributed by atoms with E-state index >= 15 is 0 Å². The van der Waals surface area contributed by atoms with Gasteiger partial charge in [0.1, 0.15) is 0 Å². The minimum absolute atomic E-state index is 0.00842. The fraction of sp³-hybridized carbons (Fsp3) is 0.471. The van der Waals surface area contributed by atoms with Gasteiger partial charge in [-0.2, -0.15) is 5.10 Å². The fourth-order valence-corrected chi connectivity index (χ4v) is 3.74. The molecule has 0 fully saturated rings. The number of hydrogen-bond acceptors (Lipinski definition) is 4. The molecule has 0 aliphatic carbocycles. The molecule has 7 heteroatoms. The third kappa shape index (κ3) is 3.85. The number of sulfonamides is 1. The Labute approximate surface area is 143 Å². The third-order valence-corrected chi connectivity index (χ3v) is 5.89. The van der Waals surface area contributed by atoms with E-state index in [1.807, 2.05) is 16.8 Å². The maximum Gasteiger partial charge on any atom is 0.211 e. The van der Waals surface area contributed by atoms with Crippen LogP contribution >= 0.6 is 0 Å². The molecule has 130 valence electrons. The normalized spacial score (nSPS) is 18.5. The lowest BCUT2D eigenvalue weighted by Gasteiger charge is -2.34. The van der Waals surface area contributed by atoms with Gasteiger partial charge in [0.05, 0.1) is 17.5 Å². The molecule has 0 bridgehead atoms. The fourth-order valence-electron chi connectivity index (χ4n) is 3.09. The van der Waals surface area contributed by atoms with Crippen molar-refractivity contribution < 1.29 is 8.42 Å². The van der Waals surface area contributed by atoms with Gasteiger partial charge >= 0.3 is 0 Å². The van der Waals surface area contributed by atoms with E-state index in [1.165, 1.54) is 11.1 Å². The number of hydrogen-bond donors (Lipinski definition) is 1. The Morgan fingerprint density at radius 2 is 2.08 bits per heavy atom. The zero-order chi connectivity index (χ0) is 17.2. The smallest absolute Gasteiger partial charge is 0.211 e. The van der Waals surface area contributed by atoms with Crippen LogP contribution in [0.1, 0.15) is 29.8 Å². The van der Waals surface area contributed by atoms with Crippen molar-refractivity contribution in [3.05, 3.63) is 53.3 Å². The van der Waals surface area contributed by atoms with E-state index in [4.69, 9.17) is 0 Å². The third-order valence-electron chi connectivity index (χ3n) is 4.53. The average Bonchev–Trinajstić information content (AvgIpc) is 3.03. The topological polar surface area (TPSA) is 67.2 Å². The van der Waals surface area contributed by atoms with E-state index in [2.05, 4.69) is 39.8 Å². The Morgan fingerprint density at radius 1 is 1.29 bits per heavy atom. The number of nitrogens with one attached hydrogen (secondary N) is 1. The molecule has 6 nitrogen and oxygen atoms in total. The van der Waals surface area contributed by atoms with Gasteiger partial charge in [-0.1, -0.05) is 24.3 Å². The largest absolute Gasteiger partial charge is 0.291 e. The Kier molecular flexibility index (Phi) is 5.03. The summed E-state index contributed by atoms with van der Waals surface area (Å²) < 4.78 is 28.2. The lowest BCUT2D eigenvalue weighted by atomic mass is 10.1. The minimum atomic E-state index is -3.20. The second-order valence-electron chi connectivity index (χ2n) is 6.27. The second kappa shape index (κ2) is 7.04. The van der Waals surface area contributed by atoms with Crippen molar-refractivity contribution in [1.29, 1.82) is 0 Å². The zero-order valence-corrected chi connectivity index (χ0v) is 15.0. The number of benzene rings is 1. The van der Waals surface area contributed by atoms with E-state index < -0.39 is 10.0 Å². The first-order valence-electron chi connectivity index (χ1n) is 8.25. The summed E-state index contributed by atoms with van der Waals surface area (Å²) in [5, 5.41) is 4.38. The highest BCUT2D eigenvalue weighted by atomic mass is 32.2. The lowest BCUT2D eigenvalue weighted by molar-refractivity contribution is 0.167. The highest BCUT2D eigenvalue weighted by Gasteiger charge is 2.26. The Hall–Kier alpha value is -1.70. The lowest BCUT2D eigenvalue weighted by Crippen LogP contribution is -2.43. The highest BCUT2D eigenvalue weighted by Crippen LogP contribution is 2.22. The van der Waals surface area contributed by atoms with Crippen LogP contribution in [0, 0.1) is 6.92 Å². The molecule has 1 N–H and O–H groups in total. The molecule has 2 aromatic rings. The SMILES string of the molecule is CCS(=O)(=O)NCC1CN(Cc2ccccc2C)Cc2ccnn21. The van der Waals surface area contributed by atoms with Gasteiger partial charge in [-0.3, -0.25) is 9.58 Å². The first-order chi connectivity index (χ1) is 11.5. The molecule has 0 saturated carbocycles. The quantitative estimate of drug-likeness (QED) is 0.863. The molecule has 1 aliphatic rings. The number of fused-ring (bicyclic) bond motifs is 1. The maximum absolute atomic E-state index is 11.8. The van der Waals surface area contributed by atoms with Gasteiger partial charge in [-0.25, -0.2) is 13.1 Å². The minimum Gasteiger partial charge on any atom is -0.291 e. The predicted octanol–water partition coefficient (Wildman–Crippen LogP) is 1.69. The Balaban J connectivity index is 1.75. The summed E-state index contributed by atoms with van der Waals surface area (Å²) in [4.78, 5) is 2.35. The van der Waals surface area contributed by atoms with Crippen LogP contribution in [0.5, 0.6) is 0 Å². The van der Waals surface area contributed by atoms with Crippen LogP contribution in [0.25, 0.3) is 0 Å². The van der Waals surface area contributed by atoms with Crippen molar-refractivity contribution >= 4 is 10.0 Å². The first kappa shape index (κ1) is 17.1. The molecular weight excluding hydrogens is 324 g/mol. The van der Waals surface area contributed by atoms with E-state index in [1.54, 1.807) is 13.1 Å². The van der Waals surface area contributed by atoms with E-state index in [0.29, 0.717) is 6.54 Å². The van der Waals surface area contributed by atoms with Gasteiger partial charge in [0, 0.05) is 32.4 Å². The van der Waals surface area contributed by atoms with Gasteiger partial charge in [0.2, 0.25) is 10.0 Å². The first-order valence-corrected chi connectivity index (χ1v) is 9.90. The summed E-state index contributed by atoms with van der Waals surface area (Å²) in [6.07, 6.45) is 1.79. The summed E-state index contributed by atoms with van der Waals surface area (Å²) in [5.74, 6) is 0.0958. The summed E-state index contributed by atoms with van der Waals surface area (Å²) in [6.45, 7) is 6.59. The standard InChI is InChI=1S/C17H24N4O2S/c1-3-24(22,23)19-10-17-13-20(12-16-8-9-18-21(16)17)11-15-7-5-4-6-14(15)2/h4-9,17,19H,3,10-13H2,1-2H3. The number of nitrogens with zero attached hydrogens (tertiary/aromatic N) is 3. The van der Waals surface area contributed by atoms with Gasteiger partial charge in [-0.15, -0.1) is 0 Å². The average molecular weight is 348 g/mol. The predicted molar refractivity (Wildman–Crippen MR) is 94.0 cm³/mol. The van der Waals surface area contributed by atoms with Crippen LogP contribution in [0.2, 0.25) is 0 Å². The Bertz CT molecular complexity index is 800. The molecule has 1 atom stereocenters. The van der Waals surface area contributed by atoms with Gasteiger partial charge in [-0.05, 0) is 31.0 Å².